The van der Waals surface area contributed by atoms with Crippen LogP contribution in [0.4, 0.5) is 0 Å². The fourth-order valence-electron chi connectivity index (χ4n) is 4.26. The lowest BCUT2D eigenvalue weighted by atomic mass is 9.82. The summed E-state index contributed by atoms with van der Waals surface area (Å²) in [5.74, 6) is 0.689. The van der Waals surface area contributed by atoms with Gasteiger partial charge in [-0.2, -0.15) is 0 Å². The minimum atomic E-state index is -0.0805. The Bertz CT molecular complexity index is 555. The maximum Gasteiger partial charge on any atom is 0.272 e. The first-order valence-corrected chi connectivity index (χ1v) is 9.31. The number of aromatic nitrogens is 1. The van der Waals surface area contributed by atoms with Gasteiger partial charge >= 0.3 is 0 Å². The highest BCUT2D eigenvalue weighted by Crippen LogP contribution is 2.36. The molecule has 1 unspecified atom stereocenters. The summed E-state index contributed by atoms with van der Waals surface area (Å²) in [5, 5.41) is 0. The molecule has 0 radical (unpaired) electrons. The van der Waals surface area contributed by atoms with Gasteiger partial charge in [-0.15, -0.1) is 0 Å². The Kier molecular flexibility index (Phi) is 4.55. The molecule has 1 atom stereocenters. The molecule has 130 valence electrons. The van der Waals surface area contributed by atoms with Crippen LogP contribution >= 0.6 is 0 Å². The number of ether oxygens (including phenoxy) is 1. The first-order chi connectivity index (χ1) is 11.7. The lowest BCUT2D eigenvalue weighted by Gasteiger charge is -2.53. The highest BCUT2D eigenvalue weighted by Gasteiger charge is 2.48. The van der Waals surface area contributed by atoms with E-state index in [9.17, 15) is 4.79 Å². The minimum Gasteiger partial charge on any atom is -0.371 e. The number of amides is 1. The van der Waals surface area contributed by atoms with Crippen LogP contribution in [0.3, 0.4) is 0 Å². The first-order valence-electron chi connectivity index (χ1n) is 9.31. The Morgan fingerprint density at radius 3 is 2.75 bits per heavy atom. The standard InChI is InChI=1S/C19H27N3O2/c23-18(17-6-2-3-9-20-17)22-14-19(15-22)8-7-16(13-24-19)12-21-10-4-1-5-11-21/h2-3,6,9,16H,1,4-5,7-8,10-15H2. The van der Waals surface area contributed by atoms with Crippen molar-refractivity contribution in [2.24, 2.45) is 5.92 Å². The van der Waals surface area contributed by atoms with Crippen LogP contribution in [0.2, 0.25) is 0 Å². The summed E-state index contributed by atoms with van der Waals surface area (Å²) in [5.41, 5.74) is 0.453. The summed E-state index contributed by atoms with van der Waals surface area (Å²) in [6, 6.07) is 5.48. The predicted molar refractivity (Wildman–Crippen MR) is 91.8 cm³/mol. The molecule has 5 nitrogen and oxygen atoms in total. The molecule has 0 N–H and O–H groups in total. The lowest BCUT2D eigenvalue weighted by Crippen LogP contribution is -2.66. The largest absolute Gasteiger partial charge is 0.371 e. The van der Waals surface area contributed by atoms with Gasteiger partial charge in [0.2, 0.25) is 0 Å². The van der Waals surface area contributed by atoms with Crippen molar-refractivity contribution in [3.8, 4) is 0 Å². The van der Waals surface area contributed by atoms with Crippen LogP contribution in [0, 0.1) is 5.92 Å². The minimum absolute atomic E-state index is 0.0280. The van der Waals surface area contributed by atoms with Gasteiger partial charge in [0.25, 0.3) is 5.91 Å². The van der Waals surface area contributed by atoms with Crippen molar-refractivity contribution >= 4 is 5.91 Å². The van der Waals surface area contributed by atoms with Gasteiger partial charge < -0.3 is 14.5 Å². The molecule has 0 aromatic carbocycles. The molecular formula is C19H27N3O2. The molecule has 0 bridgehead atoms. The number of pyridine rings is 1. The van der Waals surface area contributed by atoms with Crippen molar-refractivity contribution in [3.05, 3.63) is 30.1 Å². The van der Waals surface area contributed by atoms with Gasteiger partial charge in [-0.3, -0.25) is 9.78 Å². The number of rotatable bonds is 3. The fourth-order valence-corrected chi connectivity index (χ4v) is 4.26. The summed E-state index contributed by atoms with van der Waals surface area (Å²) < 4.78 is 6.23. The molecule has 3 saturated heterocycles. The molecule has 24 heavy (non-hydrogen) atoms. The summed E-state index contributed by atoms with van der Waals surface area (Å²) >= 11 is 0. The molecule has 1 aromatic rings. The number of carbonyl (C=O) groups is 1. The van der Waals surface area contributed by atoms with E-state index in [1.165, 1.54) is 45.3 Å². The molecule has 5 heteroatoms. The third-order valence-electron chi connectivity index (χ3n) is 5.73. The van der Waals surface area contributed by atoms with Gasteiger partial charge in [0, 0.05) is 12.7 Å². The zero-order chi connectivity index (χ0) is 16.4. The average molecular weight is 329 g/mol. The molecule has 4 rings (SSSR count). The third kappa shape index (κ3) is 3.33. The maximum atomic E-state index is 12.4. The Morgan fingerprint density at radius 2 is 2.08 bits per heavy atom. The van der Waals surface area contributed by atoms with Crippen LogP contribution in [0.1, 0.15) is 42.6 Å². The molecule has 3 fully saturated rings. The van der Waals surface area contributed by atoms with E-state index < -0.39 is 0 Å². The summed E-state index contributed by atoms with van der Waals surface area (Å²) in [7, 11) is 0. The Morgan fingerprint density at radius 1 is 1.25 bits per heavy atom. The first kappa shape index (κ1) is 16.0. The molecule has 4 heterocycles. The van der Waals surface area contributed by atoms with Crippen LogP contribution in [0.25, 0.3) is 0 Å². The number of piperidine rings is 1. The highest BCUT2D eigenvalue weighted by atomic mass is 16.5. The second kappa shape index (κ2) is 6.81. The van der Waals surface area contributed by atoms with Crippen LogP contribution in [-0.2, 0) is 4.74 Å². The average Bonchev–Trinajstić information content (AvgIpc) is 2.62. The van der Waals surface area contributed by atoms with Gasteiger partial charge in [-0.05, 0) is 56.8 Å². The van der Waals surface area contributed by atoms with Crippen LogP contribution in [0.15, 0.2) is 24.4 Å². The number of likely N-dealkylation sites (tertiary alicyclic amines) is 2. The topological polar surface area (TPSA) is 45.7 Å². The molecule has 3 aliphatic heterocycles. The molecular weight excluding hydrogens is 302 g/mol. The second-order valence-electron chi connectivity index (χ2n) is 7.64. The molecule has 3 aliphatic rings. The number of nitrogens with zero attached hydrogens (tertiary/aromatic N) is 3. The molecule has 1 aromatic heterocycles. The van der Waals surface area contributed by atoms with E-state index in [1.807, 2.05) is 17.0 Å². The zero-order valence-corrected chi connectivity index (χ0v) is 14.3. The van der Waals surface area contributed by atoms with E-state index in [2.05, 4.69) is 9.88 Å². The summed E-state index contributed by atoms with van der Waals surface area (Å²) in [6.07, 6.45) is 8.07. The van der Waals surface area contributed by atoms with Crippen molar-refractivity contribution in [1.29, 1.82) is 0 Å². The Labute approximate surface area is 144 Å². The van der Waals surface area contributed by atoms with Gasteiger partial charge in [0.05, 0.1) is 19.7 Å². The highest BCUT2D eigenvalue weighted by molar-refractivity contribution is 5.93. The third-order valence-corrected chi connectivity index (χ3v) is 5.73. The van der Waals surface area contributed by atoms with Crippen molar-refractivity contribution in [2.45, 2.75) is 37.7 Å². The van der Waals surface area contributed by atoms with E-state index >= 15 is 0 Å². The predicted octanol–water partition coefficient (Wildman–Crippen LogP) is 2.19. The lowest BCUT2D eigenvalue weighted by molar-refractivity contribution is -0.169. The smallest absolute Gasteiger partial charge is 0.272 e. The SMILES string of the molecule is O=C(c1ccccn1)N1CC2(CCC(CN3CCCCC3)CO2)C1. The van der Waals surface area contributed by atoms with Gasteiger partial charge in [-0.25, -0.2) is 0 Å². The zero-order valence-electron chi connectivity index (χ0n) is 14.3. The van der Waals surface area contributed by atoms with E-state index in [4.69, 9.17) is 4.74 Å². The van der Waals surface area contributed by atoms with Crippen molar-refractivity contribution in [1.82, 2.24) is 14.8 Å². The van der Waals surface area contributed by atoms with E-state index in [0.717, 1.165) is 26.1 Å². The fraction of sp³-hybridized carbons (Fsp3) is 0.684. The van der Waals surface area contributed by atoms with Gasteiger partial charge in [0.15, 0.2) is 0 Å². The quantitative estimate of drug-likeness (QED) is 0.853. The maximum absolute atomic E-state index is 12.4. The monoisotopic (exact) mass is 329 g/mol. The van der Waals surface area contributed by atoms with E-state index in [0.29, 0.717) is 11.6 Å². The number of carbonyl (C=O) groups excluding carboxylic acids is 1. The van der Waals surface area contributed by atoms with Gasteiger partial charge in [0.1, 0.15) is 11.3 Å². The molecule has 1 spiro atoms. The van der Waals surface area contributed by atoms with Crippen LogP contribution in [0.5, 0.6) is 0 Å². The van der Waals surface area contributed by atoms with Crippen molar-refractivity contribution in [3.63, 3.8) is 0 Å². The number of hydrogen-bond donors (Lipinski definition) is 0. The van der Waals surface area contributed by atoms with E-state index in [1.54, 1.807) is 12.3 Å². The second-order valence-corrected chi connectivity index (χ2v) is 7.64. The normalized spacial score (nSPS) is 27.0. The van der Waals surface area contributed by atoms with Crippen molar-refractivity contribution < 1.29 is 9.53 Å². The molecule has 0 aliphatic carbocycles. The van der Waals surface area contributed by atoms with Crippen molar-refractivity contribution in [2.75, 3.05) is 39.3 Å². The van der Waals surface area contributed by atoms with Crippen LogP contribution in [-0.4, -0.2) is 65.6 Å². The molecule has 0 saturated carbocycles. The summed E-state index contributed by atoms with van der Waals surface area (Å²) in [4.78, 5) is 21.0. The molecule has 1 amide bonds. The Balaban J connectivity index is 1.24. The van der Waals surface area contributed by atoms with Crippen LogP contribution < -0.4 is 0 Å². The van der Waals surface area contributed by atoms with Gasteiger partial charge in [-0.1, -0.05) is 12.5 Å². The summed E-state index contributed by atoms with van der Waals surface area (Å²) in [6.45, 7) is 5.99. The number of hydrogen-bond acceptors (Lipinski definition) is 4. The Hall–Kier alpha value is -1.46. The van der Waals surface area contributed by atoms with E-state index in [-0.39, 0.29) is 11.5 Å².